The fraction of sp³-hybridized carbons (Fsp3) is 0.150. The first-order valence-electron chi connectivity index (χ1n) is 8.41. The van der Waals surface area contributed by atoms with Crippen molar-refractivity contribution in [2.24, 2.45) is 0 Å². The van der Waals surface area contributed by atoms with Gasteiger partial charge in [-0.3, -0.25) is 14.9 Å². The van der Waals surface area contributed by atoms with Gasteiger partial charge in [0.15, 0.2) is 11.7 Å². The van der Waals surface area contributed by atoms with Crippen molar-refractivity contribution in [1.82, 2.24) is 4.98 Å². The van der Waals surface area contributed by atoms with E-state index >= 15 is 0 Å². The highest BCUT2D eigenvalue weighted by molar-refractivity contribution is 7.14. The van der Waals surface area contributed by atoms with Crippen molar-refractivity contribution < 1.29 is 14.3 Å². The summed E-state index contributed by atoms with van der Waals surface area (Å²) in [6, 6.07) is 11.1. The van der Waals surface area contributed by atoms with E-state index in [-0.39, 0.29) is 18.4 Å². The number of hydrogen-bond donors (Lipinski definition) is 2. The Balaban J connectivity index is 1.51. The normalized spacial score (nSPS) is 12.7. The lowest BCUT2D eigenvalue weighted by molar-refractivity contribution is -0.118. The zero-order valence-electron chi connectivity index (χ0n) is 14.8. The van der Waals surface area contributed by atoms with Gasteiger partial charge in [0.2, 0.25) is 0 Å². The Hall–Kier alpha value is -3.19. The number of aryl methyl sites for hydroxylation is 2. The Morgan fingerprint density at radius 1 is 1.19 bits per heavy atom. The second kappa shape index (κ2) is 6.85. The first-order valence-corrected chi connectivity index (χ1v) is 9.29. The minimum Gasteiger partial charge on any atom is -0.482 e. The van der Waals surface area contributed by atoms with Gasteiger partial charge in [-0.15, -0.1) is 11.3 Å². The highest BCUT2D eigenvalue weighted by Crippen LogP contribution is 2.30. The van der Waals surface area contributed by atoms with Gasteiger partial charge in [-0.25, -0.2) is 4.98 Å². The fourth-order valence-electron chi connectivity index (χ4n) is 2.75. The number of carbonyl (C=O) groups excluding carboxylic acids is 2. The van der Waals surface area contributed by atoms with Gasteiger partial charge in [-0.05, 0) is 49.2 Å². The number of hydrogen-bond acceptors (Lipinski definition) is 5. The third-order valence-corrected chi connectivity index (χ3v) is 5.16. The van der Waals surface area contributed by atoms with Gasteiger partial charge < -0.3 is 10.1 Å². The standard InChI is InChI=1S/C20H17N3O3S/c1-11-3-4-13(7-12(11)2)16-10-27-20(22-16)23-19(25)14-5-6-15-17(8-14)26-9-18(24)21-15/h3-8,10H,9H2,1-2H3,(H,21,24)(H,22,23,25). The summed E-state index contributed by atoms with van der Waals surface area (Å²) in [6.07, 6.45) is 0. The van der Waals surface area contributed by atoms with E-state index in [1.807, 2.05) is 11.4 Å². The quantitative estimate of drug-likeness (QED) is 0.721. The number of nitrogens with one attached hydrogen (secondary N) is 2. The molecule has 0 radical (unpaired) electrons. The lowest BCUT2D eigenvalue weighted by Crippen LogP contribution is -2.25. The number of amides is 2. The number of rotatable bonds is 3. The molecule has 136 valence electrons. The average molecular weight is 379 g/mol. The molecule has 1 aromatic heterocycles. The minimum absolute atomic E-state index is 0.0517. The maximum atomic E-state index is 12.5. The van der Waals surface area contributed by atoms with Gasteiger partial charge in [0, 0.05) is 16.5 Å². The second-order valence-corrected chi connectivity index (χ2v) is 7.20. The summed E-state index contributed by atoms with van der Waals surface area (Å²) >= 11 is 1.38. The molecule has 2 heterocycles. The Morgan fingerprint density at radius 2 is 2.04 bits per heavy atom. The average Bonchev–Trinajstić information content (AvgIpc) is 3.12. The van der Waals surface area contributed by atoms with Gasteiger partial charge in [0.25, 0.3) is 11.8 Å². The van der Waals surface area contributed by atoms with Crippen molar-refractivity contribution in [3.8, 4) is 17.0 Å². The van der Waals surface area contributed by atoms with Crippen LogP contribution >= 0.6 is 11.3 Å². The van der Waals surface area contributed by atoms with Crippen LogP contribution in [0.4, 0.5) is 10.8 Å². The molecule has 27 heavy (non-hydrogen) atoms. The van der Waals surface area contributed by atoms with Crippen LogP contribution in [0.5, 0.6) is 5.75 Å². The van der Waals surface area contributed by atoms with Gasteiger partial charge in [-0.2, -0.15) is 0 Å². The van der Waals surface area contributed by atoms with Gasteiger partial charge in [-0.1, -0.05) is 12.1 Å². The number of ether oxygens (including phenoxy) is 1. The largest absolute Gasteiger partial charge is 0.482 e. The molecule has 1 aliphatic rings. The van der Waals surface area contributed by atoms with E-state index in [1.165, 1.54) is 22.5 Å². The third kappa shape index (κ3) is 3.54. The highest BCUT2D eigenvalue weighted by Gasteiger charge is 2.18. The van der Waals surface area contributed by atoms with Crippen LogP contribution in [0.1, 0.15) is 21.5 Å². The molecule has 2 N–H and O–H groups in total. The summed E-state index contributed by atoms with van der Waals surface area (Å²) < 4.78 is 5.35. The van der Waals surface area contributed by atoms with Crippen molar-refractivity contribution in [1.29, 1.82) is 0 Å². The van der Waals surface area contributed by atoms with Gasteiger partial charge >= 0.3 is 0 Å². The molecule has 0 unspecified atom stereocenters. The molecule has 7 heteroatoms. The van der Waals surface area contributed by atoms with Crippen LogP contribution in [0.25, 0.3) is 11.3 Å². The zero-order valence-corrected chi connectivity index (χ0v) is 15.6. The maximum absolute atomic E-state index is 12.5. The number of thiazole rings is 1. The first-order chi connectivity index (χ1) is 13.0. The Bertz CT molecular complexity index is 1060. The summed E-state index contributed by atoms with van der Waals surface area (Å²) in [4.78, 5) is 28.4. The van der Waals surface area contributed by atoms with Crippen LogP contribution in [0, 0.1) is 13.8 Å². The minimum atomic E-state index is -0.278. The van der Waals surface area contributed by atoms with E-state index in [2.05, 4.69) is 41.6 Å². The van der Waals surface area contributed by atoms with Gasteiger partial charge in [0.1, 0.15) is 5.75 Å². The SMILES string of the molecule is Cc1ccc(-c2csc(NC(=O)c3ccc4c(c3)OCC(=O)N4)n2)cc1C. The predicted molar refractivity (Wildman–Crippen MR) is 106 cm³/mol. The van der Waals surface area contributed by atoms with E-state index < -0.39 is 0 Å². The Labute approximate surface area is 160 Å². The van der Waals surface area contributed by atoms with Crippen LogP contribution in [0.2, 0.25) is 0 Å². The number of carbonyl (C=O) groups is 2. The monoisotopic (exact) mass is 379 g/mol. The number of nitrogens with zero attached hydrogens (tertiary/aromatic N) is 1. The molecule has 6 nitrogen and oxygen atoms in total. The molecule has 0 fully saturated rings. The molecule has 3 aromatic rings. The van der Waals surface area contributed by atoms with E-state index in [9.17, 15) is 9.59 Å². The molecule has 0 spiro atoms. The van der Waals surface area contributed by atoms with Crippen LogP contribution < -0.4 is 15.4 Å². The smallest absolute Gasteiger partial charge is 0.262 e. The molecule has 1 aliphatic heterocycles. The molecular formula is C20H17N3O3S. The molecule has 0 saturated carbocycles. The van der Waals surface area contributed by atoms with E-state index in [4.69, 9.17) is 4.74 Å². The summed E-state index contributed by atoms with van der Waals surface area (Å²) in [6.45, 7) is 4.08. The van der Waals surface area contributed by atoms with E-state index in [0.29, 0.717) is 22.1 Å². The first kappa shape index (κ1) is 17.2. The lowest BCUT2D eigenvalue weighted by Gasteiger charge is -2.18. The summed E-state index contributed by atoms with van der Waals surface area (Å²) in [7, 11) is 0. The predicted octanol–water partition coefficient (Wildman–Crippen LogP) is 4.01. The molecule has 0 aliphatic carbocycles. The Morgan fingerprint density at radius 3 is 2.85 bits per heavy atom. The van der Waals surface area contributed by atoms with Crippen LogP contribution in [-0.4, -0.2) is 23.4 Å². The Kier molecular flexibility index (Phi) is 4.37. The number of benzene rings is 2. The second-order valence-electron chi connectivity index (χ2n) is 6.34. The van der Waals surface area contributed by atoms with Crippen molar-refractivity contribution in [3.05, 3.63) is 58.5 Å². The topological polar surface area (TPSA) is 80.3 Å². The molecule has 0 atom stereocenters. The van der Waals surface area contributed by atoms with Crippen molar-refractivity contribution in [2.75, 3.05) is 17.2 Å². The van der Waals surface area contributed by atoms with Crippen molar-refractivity contribution in [2.45, 2.75) is 13.8 Å². The molecular weight excluding hydrogens is 362 g/mol. The van der Waals surface area contributed by atoms with Crippen LogP contribution in [-0.2, 0) is 4.79 Å². The molecule has 2 amide bonds. The summed E-state index contributed by atoms with van der Waals surface area (Å²) in [5, 5.41) is 7.97. The lowest BCUT2D eigenvalue weighted by atomic mass is 10.1. The van der Waals surface area contributed by atoms with Gasteiger partial charge in [0.05, 0.1) is 11.4 Å². The number of fused-ring (bicyclic) bond motifs is 1. The van der Waals surface area contributed by atoms with Crippen LogP contribution in [0.3, 0.4) is 0 Å². The number of anilines is 2. The fourth-order valence-corrected chi connectivity index (χ4v) is 3.46. The van der Waals surface area contributed by atoms with E-state index in [1.54, 1.807) is 18.2 Å². The molecule has 0 bridgehead atoms. The van der Waals surface area contributed by atoms with Crippen molar-refractivity contribution >= 4 is 34.0 Å². The third-order valence-electron chi connectivity index (χ3n) is 4.40. The zero-order chi connectivity index (χ0) is 19.0. The maximum Gasteiger partial charge on any atom is 0.262 e. The van der Waals surface area contributed by atoms with Crippen molar-refractivity contribution in [3.63, 3.8) is 0 Å². The number of aromatic nitrogens is 1. The summed E-state index contributed by atoms with van der Waals surface area (Å²) in [5.74, 6) is -0.00199. The van der Waals surface area contributed by atoms with E-state index in [0.717, 1.165) is 11.3 Å². The highest BCUT2D eigenvalue weighted by atomic mass is 32.1. The molecule has 2 aromatic carbocycles. The van der Waals surface area contributed by atoms with Crippen LogP contribution in [0.15, 0.2) is 41.8 Å². The molecule has 4 rings (SSSR count). The molecule has 0 saturated heterocycles. The summed E-state index contributed by atoms with van der Waals surface area (Å²) in [5.41, 5.74) is 5.28.